The van der Waals surface area contributed by atoms with E-state index in [1.807, 2.05) is 88.4 Å². The van der Waals surface area contributed by atoms with Gasteiger partial charge in [0.05, 0.1) is 86.9 Å². The van der Waals surface area contributed by atoms with E-state index < -0.39 is 62.4 Å². The maximum atomic E-state index is 13.8. The second-order valence-corrected chi connectivity index (χ2v) is 24.4. The predicted octanol–water partition coefficient (Wildman–Crippen LogP) is 4.84. The van der Waals surface area contributed by atoms with Crippen LogP contribution in [0.15, 0.2) is 119 Å². The molecule has 4 aromatic rings. The van der Waals surface area contributed by atoms with E-state index in [4.69, 9.17) is 38.9 Å². The van der Waals surface area contributed by atoms with E-state index in [0.717, 1.165) is 11.1 Å². The molecule has 6 atom stereocenters. The van der Waals surface area contributed by atoms with Gasteiger partial charge in [0.15, 0.2) is 0 Å². The van der Waals surface area contributed by atoms with Crippen LogP contribution in [-0.4, -0.2) is 183 Å². The van der Waals surface area contributed by atoms with Crippen LogP contribution >= 0.6 is 0 Å². The number of carbonyl (C=O) groups is 3. The summed E-state index contributed by atoms with van der Waals surface area (Å²) in [5, 5.41) is 30.7. The van der Waals surface area contributed by atoms with Gasteiger partial charge in [-0.05, 0) is 84.3 Å². The molecule has 24 heteroatoms. The number of nitrogens with zero attached hydrogens (tertiary/aromatic N) is 2. The van der Waals surface area contributed by atoms with E-state index in [2.05, 4.69) is 16.0 Å². The largest absolute Gasteiger partial charge is 0.444 e. The Morgan fingerprint density at radius 1 is 0.605 bits per heavy atom. The SMILES string of the molecule is CC(C)CN(C[C@@H](O)[C@H](Cc1ccccc1)NC(=O)O[C@H]1CCOC1)S(=O)(=O)c1ccc(N)cc1.COCCOCCOCC(=O)Nc1ccc(S(=O)(=O)N(CC(C)C)C[C@@H](O)[C@H](Cc2ccccc2)NC(=O)O[C@H]2CCOC2)cc1. The molecule has 6 rings (SSSR count). The maximum Gasteiger partial charge on any atom is 0.407 e. The summed E-state index contributed by atoms with van der Waals surface area (Å²) in [7, 11) is -6.39. The number of nitrogens with one attached hydrogen (secondary N) is 3. The van der Waals surface area contributed by atoms with Crippen LogP contribution in [0.5, 0.6) is 0 Å². The second kappa shape index (κ2) is 34.0. The first-order valence-electron chi connectivity index (χ1n) is 27.2. The van der Waals surface area contributed by atoms with Crippen molar-refractivity contribution in [3.63, 3.8) is 0 Å². The summed E-state index contributed by atoms with van der Waals surface area (Å²) in [6.45, 7) is 10.4. The van der Waals surface area contributed by atoms with Crippen molar-refractivity contribution >= 4 is 49.5 Å². The van der Waals surface area contributed by atoms with Gasteiger partial charge in [-0.3, -0.25) is 4.79 Å². The summed E-state index contributed by atoms with van der Waals surface area (Å²) in [6.07, 6.45) is -2.78. The Bertz CT molecular complexity index is 2700. The molecule has 2 saturated heterocycles. The molecule has 0 aliphatic carbocycles. The zero-order valence-corrected chi connectivity index (χ0v) is 48.6. The normalized spacial score (nSPS) is 17.0. The first kappa shape index (κ1) is 66.0. The molecule has 0 unspecified atom stereocenters. The molecule has 81 heavy (non-hydrogen) atoms. The van der Waals surface area contributed by atoms with Crippen molar-refractivity contribution in [1.82, 2.24) is 19.2 Å². The first-order valence-corrected chi connectivity index (χ1v) is 30.0. The average Bonchev–Trinajstić information content (AvgIpc) is 4.33. The molecule has 0 radical (unpaired) electrons. The van der Waals surface area contributed by atoms with Crippen molar-refractivity contribution in [2.75, 3.05) is 104 Å². The molecule has 7 N–H and O–H groups in total. The fraction of sp³-hybridized carbons (Fsp3) is 0.526. The molecule has 2 aliphatic rings. The quantitative estimate of drug-likeness (QED) is 0.0290. The average molecular weight is 1170 g/mol. The Hall–Kier alpha value is -5.77. The molecule has 22 nitrogen and oxygen atoms in total. The van der Waals surface area contributed by atoms with Crippen LogP contribution in [0.25, 0.3) is 0 Å². The topological polar surface area (TPSA) is 293 Å². The third-order valence-corrected chi connectivity index (χ3v) is 16.4. The van der Waals surface area contributed by atoms with E-state index >= 15 is 0 Å². The van der Waals surface area contributed by atoms with E-state index in [1.54, 1.807) is 7.11 Å². The molecule has 4 aromatic carbocycles. The number of benzene rings is 4. The number of nitrogens with two attached hydrogens (primary N) is 1. The van der Waals surface area contributed by atoms with Crippen molar-refractivity contribution in [2.24, 2.45) is 11.8 Å². The molecule has 0 spiro atoms. The van der Waals surface area contributed by atoms with Crippen molar-refractivity contribution < 1.29 is 74.6 Å². The van der Waals surface area contributed by atoms with Gasteiger partial charge in [0.2, 0.25) is 26.0 Å². The van der Waals surface area contributed by atoms with Gasteiger partial charge in [-0.25, -0.2) is 26.4 Å². The Morgan fingerprint density at radius 2 is 1.02 bits per heavy atom. The van der Waals surface area contributed by atoms with Crippen LogP contribution in [0, 0.1) is 11.8 Å². The summed E-state index contributed by atoms with van der Waals surface area (Å²) < 4.78 is 93.7. The highest BCUT2D eigenvalue weighted by atomic mass is 32.2. The Kier molecular flexibility index (Phi) is 27.7. The highest BCUT2D eigenvalue weighted by Crippen LogP contribution is 2.23. The van der Waals surface area contributed by atoms with Crippen molar-refractivity contribution in [3.8, 4) is 0 Å². The number of ether oxygens (including phenoxy) is 7. The van der Waals surface area contributed by atoms with E-state index in [-0.39, 0.29) is 79.6 Å². The lowest BCUT2D eigenvalue weighted by Gasteiger charge is -2.30. The van der Waals surface area contributed by atoms with Crippen LogP contribution < -0.4 is 21.7 Å². The van der Waals surface area contributed by atoms with Crippen LogP contribution in [-0.2, 0) is 70.8 Å². The van der Waals surface area contributed by atoms with Gasteiger partial charge < -0.3 is 65.1 Å². The minimum Gasteiger partial charge on any atom is -0.444 e. The van der Waals surface area contributed by atoms with Gasteiger partial charge in [0.25, 0.3) is 0 Å². The van der Waals surface area contributed by atoms with Crippen molar-refractivity contribution in [2.45, 2.75) is 99.7 Å². The fourth-order valence-electron chi connectivity index (χ4n) is 8.59. The minimum atomic E-state index is -4.06. The van der Waals surface area contributed by atoms with Gasteiger partial charge in [0.1, 0.15) is 18.8 Å². The van der Waals surface area contributed by atoms with Gasteiger partial charge in [-0.15, -0.1) is 0 Å². The number of aliphatic hydroxyl groups is 2. The third-order valence-electron chi connectivity index (χ3n) is 12.7. The van der Waals surface area contributed by atoms with E-state index in [1.165, 1.54) is 57.1 Å². The summed E-state index contributed by atoms with van der Waals surface area (Å²) in [5.41, 5.74) is 8.32. The number of rotatable bonds is 31. The van der Waals surface area contributed by atoms with Crippen molar-refractivity contribution in [1.29, 1.82) is 0 Å². The number of methoxy groups -OCH3 is 1. The maximum absolute atomic E-state index is 13.8. The number of nitrogen functional groups attached to an aromatic ring is 1. The highest BCUT2D eigenvalue weighted by Gasteiger charge is 2.34. The van der Waals surface area contributed by atoms with E-state index in [9.17, 15) is 41.4 Å². The number of aliphatic hydroxyl groups excluding tert-OH is 2. The lowest BCUT2D eigenvalue weighted by molar-refractivity contribution is -0.121. The second-order valence-electron chi connectivity index (χ2n) is 20.5. The molecule has 2 fully saturated rings. The summed E-state index contributed by atoms with van der Waals surface area (Å²) in [5.74, 6) is -0.439. The Morgan fingerprint density at radius 3 is 1.43 bits per heavy atom. The smallest absolute Gasteiger partial charge is 0.407 e. The standard InChI is InChI=1S/C32H47N3O10S.C25H35N3O6S/c1-24(2)20-35(21-30(36)29(19-25-7-5-4-6-8-25)34-32(38)45-27-13-14-43-22-27)46(39,40)28-11-9-26(10-12-28)33-31(37)23-44-18-17-42-16-15-41-3;1-18(2)15-28(35(31,32)22-10-8-20(26)9-11-22)16-24(29)23(14-19-6-4-3-5-7-19)27-25(30)34-21-12-13-33-17-21/h4-12,24,27,29-30,36H,13-23H2,1-3H3,(H,33,37)(H,34,38);3-11,18,21,23-24,29H,12-17,26H2,1-2H3,(H,27,30)/t27-,29-,30+;21-,23-,24+/m00/s1. The lowest BCUT2D eigenvalue weighted by atomic mass is 10.0. The summed E-state index contributed by atoms with van der Waals surface area (Å²) >= 11 is 0. The monoisotopic (exact) mass is 1170 g/mol. The number of amides is 3. The Balaban J connectivity index is 0.000000308. The summed E-state index contributed by atoms with van der Waals surface area (Å²) in [4.78, 5) is 37.6. The molecule has 2 heterocycles. The number of alkyl carbamates (subject to hydrolysis) is 2. The van der Waals surface area contributed by atoms with E-state index in [0.29, 0.717) is 76.9 Å². The van der Waals surface area contributed by atoms with Gasteiger partial charge >= 0.3 is 12.2 Å². The molecule has 2 aliphatic heterocycles. The first-order chi connectivity index (χ1) is 38.7. The summed E-state index contributed by atoms with van der Waals surface area (Å²) in [6, 6.07) is 28.8. The third kappa shape index (κ3) is 23.2. The molecule has 0 saturated carbocycles. The lowest BCUT2D eigenvalue weighted by Crippen LogP contribution is -2.51. The molecule has 0 bridgehead atoms. The minimum absolute atomic E-state index is 0.00369. The zero-order valence-electron chi connectivity index (χ0n) is 46.9. The van der Waals surface area contributed by atoms with Crippen LogP contribution in [0.2, 0.25) is 0 Å². The molecule has 0 aromatic heterocycles. The molecule has 448 valence electrons. The zero-order chi connectivity index (χ0) is 58.8. The van der Waals surface area contributed by atoms with Gasteiger partial charge in [-0.1, -0.05) is 88.4 Å². The molecule has 3 amide bonds. The number of hydrogen-bond acceptors (Lipinski definition) is 17. The number of carbonyl (C=O) groups excluding carboxylic acids is 3. The van der Waals surface area contributed by atoms with Crippen molar-refractivity contribution in [3.05, 3.63) is 120 Å². The van der Waals surface area contributed by atoms with Crippen LogP contribution in [0.3, 0.4) is 0 Å². The number of anilines is 2. The van der Waals surface area contributed by atoms with Crippen LogP contribution in [0.1, 0.15) is 51.7 Å². The number of sulfonamides is 2. The Labute approximate surface area is 477 Å². The molecular formula is C57H82N6O16S2. The highest BCUT2D eigenvalue weighted by molar-refractivity contribution is 7.89. The van der Waals surface area contributed by atoms with Gasteiger partial charge in [0, 0.05) is 57.5 Å². The van der Waals surface area contributed by atoms with Crippen LogP contribution in [0.4, 0.5) is 21.0 Å². The van der Waals surface area contributed by atoms with Gasteiger partial charge in [-0.2, -0.15) is 8.61 Å². The predicted molar refractivity (Wildman–Crippen MR) is 304 cm³/mol. The molecular weight excluding hydrogens is 1090 g/mol. The number of hydrogen-bond donors (Lipinski definition) is 6. The fourth-order valence-corrected chi connectivity index (χ4v) is 11.8.